The number of hydrogen-bond acceptors (Lipinski definition) is 3. The van der Waals surface area contributed by atoms with Gasteiger partial charge in [0.2, 0.25) is 0 Å². The molecule has 0 aliphatic carbocycles. The van der Waals surface area contributed by atoms with E-state index < -0.39 is 11.9 Å². The lowest BCUT2D eigenvalue weighted by Crippen LogP contribution is -2.13. The van der Waals surface area contributed by atoms with Crippen molar-refractivity contribution in [1.29, 1.82) is 0 Å². The van der Waals surface area contributed by atoms with Crippen LogP contribution in [0.4, 0.5) is 0 Å². The molecule has 0 fully saturated rings. The molecular weight excluding hydrogens is 220 g/mol. The van der Waals surface area contributed by atoms with E-state index in [0.29, 0.717) is 17.8 Å². The van der Waals surface area contributed by atoms with Gasteiger partial charge in [-0.2, -0.15) is 5.10 Å². The third kappa shape index (κ3) is 1.84. The largest absolute Gasteiger partial charge is 0.508 e. The molecule has 17 heavy (non-hydrogen) atoms. The molecule has 0 aliphatic heterocycles. The summed E-state index contributed by atoms with van der Waals surface area (Å²) in [6.45, 7) is 4.14. The molecule has 1 unspecified atom stereocenters. The van der Waals surface area contributed by atoms with Gasteiger partial charge in [0.25, 0.3) is 0 Å². The predicted octanol–water partition coefficient (Wildman–Crippen LogP) is 1.95. The first-order valence-electron chi connectivity index (χ1n) is 5.46. The van der Waals surface area contributed by atoms with Crippen molar-refractivity contribution in [2.24, 2.45) is 0 Å². The molecule has 0 bridgehead atoms. The fourth-order valence-corrected chi connectivity index (χ4v) is 1.96. The Bertz CT molecular complexity index is 574. The number of hydrogen-bond donors (Lipinski definition) is 2. The summed E-state index contributed by atoms with van der Waals surface area (Å²) in [4.78, 5) is 11.1. The first-order valence-corrected chi connectivity index (χ1v) is 5.46. The van der Waals surface area contributed by atoms with Crippen LogP contribution in [0.15, 0.2) is 18.2 Å². The lowest BCUT2D eigenvalue weighted by atomic mass is 10.0. The van der Waals surface area contributed by atoms with Gasteiger partial charge in [-0.1, -0.05) is 0 Å². The molecule has 90 valence electrons. The van der Waals surface area contributed by atoms with E-state index in [4.69, 9.17) is 5.11 Å². The number of phenolic OH excluding ortho intramolecular Hbond substituents is 1. The molecule has 0 saturated heterocycles. The van der Waals surface area contributed by atoms with Crippen LogP contribution < -0.4 is 0 Å². The van der Waals surface area contributed by atoms with Gasteiger partial charge >= 0.3 is 5.97 Å². The summed E-state index contributed by atoms with van der Waals surface area (Å²) in [5.41, 5.74) is 1.30. The van der Waals surface area contributed by atoms with Crippen molar-refractivity contribution in [1.82, 2.24) is 9.78 Å². The number of aromatic hydroxyl groups is 1. The Balaban J connectivity index is 2.70. The van der Waals surface area contributed by atoms with Crippen LogP contribution in [0.5, 0.6) is 5.75 Å². The Labute approximate surface area is 98.3 Å². The van der Waals surface area contributed by atoms with Gasteiger partial charge in [-0.25, -0.2) is 0 Å². The molecule has 5 heteroatoms. The third-order valence-electron chi connectivity index (χ3n) is 2.84. The predicted molar refractivity (Wildman–Crippen MR) is 63.1 cm³/mol. The van der Waals surface area contributed by atoms with Crippen molar-refractivity contribution in [3.8, 4) is 5.75 Å². The standard InChI is InChI=1S/C12H14N2O3/c1-3-14-11(7(2)12(16)17)9-5-4-8(15)6-10(9)13-14/h4-7,15H,3H2,1-2H3,(H,16,17). The highest BCUT2D eigenvalue weighted by molar-refractivity contribution is 5.88. The maximum atomic E-state index is 11.1. The summed E-state index contributed by atoms with van der Waals surface area (Å²) >= 11 is 0. The summed E-state index contributed by atoms with van der Waals surface area (Å²) in [5, 5.41) is 23.5. The number of phenols is 1. The topological polar surface area (TPSA) is 75.3 Å². The van der Waals surface area contributed by atoms with Crippen molar-refractivity contribution in [3.05, 3.63) is 23.9 Å². The van der Waals surface area contributed by atoms with Crippen LogP contribution in [0.2, 0.25) is 0 Å². The second-order valence-electron chi connectivity index (χ2n) is 3.96. The average molecular weight is 234 g/mol. The zero-order chi connectivity index (χ0) is 12.6. The molecule has 1 atom stereocenters. The molecule has 5 nitrogen and oxygen atoms in total. The molecule has 0 radical (unpaired) electrons. The molecule has 2 rings (SSSR count). The number of rotatable bonds is 3. The summed E-state index contributed by atoms with van der Waals surface area (Å²) in [7, 11) is 0. The van der Waals surface area contributed by atoms with Gasteiger partial charge in [-0.3, -0.25) is 9.48 Å². The van der Waals surface area contributed by atoms with E-state index in [2.05, 4.69) is 5.10 Å². The molecular formula is C12H14N2O3. The first-order chi connectivity index (χ1) is 8.04. The number of benzene rings is 1. The van der Waals surface area contributed by atoms with Crippen molar-refractivity contribution < 1.29 is 15.0 Å². The van der Waals surface area contributed by atoms with Crippen molar-refractivity contribution in [2.45, 2.75) is 26.3 Å². The lowest BCUT2D eigenvalue weighted by molar-refractivity contribution is -0.138. The van der Waals surface area contributed by atoms with Crippen molar-refractivity contribution in [2.75, 3.05) is 0 Å². The Morgan fingerprint density at radius 3 is 2.82 bits per heavy atom. The van der Waals surface area contributed by atoms with E-state index in [1.165, 1.54) is 0 Å². The molecule has 1 heterocycles. The van der Waals surface area contributed by atoms with E-state index in [1.54, 1.807) is 29.8 Å². The highest BCUT2D eigenvalue weighted by atomic mass is 16.4. The van der Waals surface area contributed by atoms with Crippen molar-refractivity contribution >= 4 is 16.9 Å². The summed E-state index contributed by atoms with van der Waals surface area (Å²) < 4.78 is 1.67. The highest BCUT2D eigenvalue weighted by Gasteiger charge is 2.22. The number of aliphatic carboxylic acids is 1. The number of nitrogens with zero attached hydrogens (tertiary/aromatic N) is 2. The minimum atomic E-state index is -0.880. The number of carboxylic acids is 1. The first kappa shape index (κ1) is 11.4. The molecule has 0 aliphatic rings. The SMILES string of the molecule is CCn1nc2cc(O)ccc2c1C(C)C(=O)O. The smallest absolute Gasteiger partial charge is 0.312 e. The number of aromatic nitrogens is 2. The Kier molecular flexibility index (Phi) is 2.75. The minimum Gasteiger partial charge on any atom is -0.508 e. The second-order valence-corrected chi connectivity index (χ2v) is 3.96. The lowest BCUT2D eigenvalue weighted by Gasteiger charge is -2.09. The molecule has 0 spiro atoms. The molecule has 0 amide bonds. The van der Waals surface area contributed by atoms with E-state index in [1.807, 2.05) is 6.92 Å². The van der Waals surface area contributed by atoms with E-state index in [9.17, 15) is 9.90 Å². The maximum absolute atomic E-state index is 11.1. The van der Waals surface area contributed by atoms with Crippen LogP contribution in [0.25, 0.3) is 10.9 Å². The Morgan fingerprint density at radius 1 is 1.53 bits per heavy atom. The van der Waals surface area contributed by atoms with Gasteiger partial charge in [0.1, 0.15) is 5.75 Å². The monoisotopic (exact) mass is 234 g/mol. The van der Waals surface area contributed by atoms with E-state index >= 15 is 0 Å². The van der Waals surface area contributed by atoms with Gasteiger partial charge in [0, 0.05) is 18.0 Å². The quantitative estimate of drug-likeness (QED) is 0.851. The zero-order valence-corrected chi connectivity index (χ0v) is 9.71. The van der Waals surface area contributed by atoms with E-state index in [-0.39, 0.29) is 5.75 Å². The number of carboxylic acid groups (broad SMARTS) is 1. The van der Waals surface area contributed by atoms with Crippen molar-refractivity contribution in [3.63, 3.8) is 0 Å². The summed E-state index contributed by atoms with van der Waals surface area (Å²) in [6.07, 6.45) is 0. The molecule has 1 aromatic heterocycles. The van der Waals surface area contributed by atoms with Crippen LogP contribution in [-0.2, 0) is 11.3 Å². The summed E-state index contributed by atoms with van der Waals surface area (Å²) in [6, 6.07) is 4.79. The van der Waals surface area contributed by atoms with Crippen LogP contribution >= 0.6 is 0 Å². The van der Waals surface area contributed by atoms with Gasteiger partial charge in [-0.15, -0.1) is 0 Å². The van der Waals surface area contributed by atoms with Crippen LogP contribution in [0, 0.1) is 0 Å². The highest BCUT2D eigenvalue weighted by Crippen LogP contribution is 2.28. The van der Waals surface area contributed by atoms with E-state index in [0.717, 1.165) is 5.39 Å². The number of carbonyl (C=O) groups is 1. The third-order valence-corrected chi connectivity index (χ3v) is 2.84. The van der Waals surface area contributed by atoms with Gasteiger partial charge < -0.3 is 10.2 Å². The normalized spacial score (nSPS) is 12.8. The zero-order valence-electron chi connectivity index (χ0n) is 9.71. The molecule has 2 aromatic rings. The van der Waals surface area contributed by atoms with Gasteiger partial charge in [-0.05, 0) is 26.0 Å². The van der Waals surface area contributed by atoms with Gasteiger partial charge in [0.05, 0.1) is 17.1 Å². The molecule has 2 N–H and O–H groups in total. The maximum Gasteiger partial charge on any atom is 0.312 e. The molecule has 0 saturated carbocycles. The Hall–Kier alpha value is -2.04. The van der Waals surface area contributed by atoms with Crippen LogP contribution in [-0.4, -0.2) is 26.0 Å². The number of fused-ring (bicyclic) bond motifs is 1. The average Bonchev–Trinajstić information content (AvgIpc) is 2.65. The summed E-state index contributed by atoms with van der Waals surface area (Å²) in [5.74, 6) is -1.37. The fraction of sp³-hybridized carbons (Fsp3) is 0.333. The number of aryl methyl sites for hydroxylation is 1. The Morgan fingerprint density at radius 2 is 2.24 bits per heavy atom. The van der Waals surface area contributed by atoms with Crippen LogP contribution in [0.1, 0.15) is 25.5 Å². The molecule has 1 aromatic carbocycles. The van der Waals surface area contributed by atoms with Gasteiger partial charge in [0.15, 0.2) is 0 Å². The van der Waals surface area contributed by atoms with Crippen LogP contribution in [0.3, 0.4) is 0 Å². The minimum absolute atomic E-state index is 0.132. The second kappa shape index (κ2) is 4.08. The fourth-order valence-electron chi connectivity index (χ4n) is 1.96.